The van der Waals surface area contributed by atoms with Crippen LogP contribution in [0.25, 0.3) is 0 Å². The van der Waals surface area contributed by atoms with Crippen LogP contribution >= 0.6 is 0 Å². The van der Waals surface area contributed by atoms with Crippen molar-refractivity contribution in [2.75, 3.05) is 33.5 Å². The highest BCUT2D eigenvalue weighted by atomic mass is 16.6. The molecule has 0 N–H and O–H groups in total. The summed E-state index contributed by atoms with van der Waals surface area (Å²) in [7, 11) is 1.68. The van der Waals surface area contributed by atoms with Crippen molar-refractivity contribution in [3.63, 3.8) is 0 Å². The molecule has 2 heterocycles. The Kier molecular flexibility index (Phi) is 2.97. The van der Waals surface area contributed by atoms with Gasteiger partial charge < -0.3 is 14.2 Å². The van der Waals surface area contributed by atoms with Gasteiger partial charge in [-0.3, -0.25) is 0 Å². The number of hydrogen-bond acceptors (Lipinski definition) is 3. The third-order valence-corrected chi connectivity index (χ3v) is 0.959. The van der Waals surface area contributed by atoms with E-state index >= 15 is 0 Å². The fourth-order valence-corrected chi connectivity index (χ4v) is 0.350. The van der Waals surface area contributed by atoms with E-state index in [-0.39, 0.29) is 0 Å². The first-order chi connectivity index (χ1) is 4.43. The Labute approximate surface area is 54.9 Å². The minimum absolute atomic E-state index is 0.426. The maximum absolute atomic E-state index is 4.82. The molecule has 3 nitrogen and oxygen atoms in total. The molecule has 0 radical (unpaired) electrons. The van der Waals surface area contributed by atoms with Gasteiger partial charge in [-0.2, -0.15) is 0 Å². The van der Waals surface area contributed by atoms with E-state index in [1.807, 2.05) is 0 Å². The van der Waals surface area contributed by atoms with Crippen LogP contribution < -0.4 is 0 Å². The molecule has 0 spiro atoms. The zero-order valence-corrected chi connectivity index (χ0v) is 5.63. The van der Waals surface area contributed by atoms with Crippen molar-refractivity contribution >= 4 is 0 Å². The maximum Gasteiger partial charge on any atom is 0.104 e. The van der Waals surface area contributed by atoms with E-state index in [0.29, 0.717) is 6.10 Å². The standard InChI is InChI=1S/C4H8O2.C2H4O/c1-5-2-4-3-6-4;1-2-3-1/h4H,2-3H2,1H3;1-2H2. The molecule has 2 rings (SSSR count). The monoisotopic (exact) mass is 132 g/mol. The van der Waals surface area contributed by atoms with Crippen LogP contribution in [0.3, 0.4) is 0 Å². The fraction of sp³-hybridized carbons (Fsp3) is 1.00. The third kappa shape index (κ3) is 5.76. The molecule has 2 fully saturated rings. The molecule has 54 valence electrons. The first-order valence-electron chi connectivity index (χ1n) is 3.12. The van der Waals surface area contributed by atoms with Crippen LogP contribution in [0.1, 0.15) is 0 Å². The molecule has 0 aromatic carbocycles. The highest BCUT2D eigenvalue weighted by molar-refractivity contribution is 4.66. The van der Waals surface area contributed by atoms with E-state index in [4.69, 9.17) is 9.47 Å². The molecule has 0 saturated carbocycles. The van der Waals surface area contributed by atoms with Gasteiger partial charge in [-0.15, -0.1) is 0 Å². The van der Waals surface area contributed by atoms with Crippen molar-refractivity contribution in [1.82, 2.24) is 0 Å². The Balaban J connectivity index is 0.000000112. The van der Waals surface area contributed by atoms with E-state index in [1.165, 1.54) is 0 Å². The summed E-state index contributed by atoms with van der Waals surface area (Å²) >= 11 is 0. The number of rotatable bonds is 2. The predicted molar refractivity (Wildman–Crippen MR) is 32.4 cm³/mol. The van der Waals surface area contributed by atoms with Gasteiger partial charge in [0.2, 0.25) is 0 Å². The Morgan fingerprint density at radius 2 is 2.11 bits per heavy atom. The Morgan fingerprint density at radius 3 is 2.22 bits per heavy atom. The molecule has 0 aromatic rings. The Morgan fingerprint density at radius 1 is 1.56 bits per heavy atom. The quantitative estimate of drug-likeness (QED) is 0.498. The fourth-order valence-electron chi connectivity index (χ4n) is 0.350. The van der Waals surface area contributed by atoms with Crippen LogP contribution in [0.4, 0.5) is 0 Å². The van der Waals surface area contributed by atoms with Gasteiger partial charge in [0, 0.05) is 7.11 Å². The number of ether oxygens (including phenoxy) is 3. The zero-order chi connectivity index (χ0) is 6.53. The molecule has 2 aliphatic rings. The molecule has 1 atom stereocenters. The molecule has 2 aliphatic heterocycles. The first kappa shape index (κ1) is 6.99. The second kappa shape index (κ2) is 3.82. The van der Waals surface area contributed by atoms with Crippen molar-refractivity contribution < 1.29 is 14.2 Å². The normalized spacial score (nSPS) is 28.3. The second-order valence-electron chi connectivity index (χ2n) is 2.02. The van der Waals surface area contributed by atoms with Crippen LogP contribution in [0.15, 0.2) is 0 Å². The van der Waals surface area contributed by atoms with E-state index in [0.717, 1.165) is 26.4 Å². The lowest BCUT2D eigenvalue weighted by atomic mass is 10.5. The minimum atomic E-state index is 0.426. The largest absolute Gasteiger partial charge is 0.382 e. The van der Waals surface area contributed by atoms with Gasteiger partial charge in [-0.1, -0.05) is 0 Å². The van der Waals surface area contributed by atoms with Crippen molar-refractivity contribution in [1.29, 1.82) is 0 Å². The summed E-state index contributed by atoms with van der Waals surface area (Å²) < 4.78 is 14.1. The summed E-state index contributed by atoms with van der Waals surface area (Å²) in [5.41, 5.74) is 0. The minimum Gasteiger partial charge on any atom is -0.382 e. The lowest BCUT2D eigenvalue weighted by molar-refractivity contribution is 0.171. The van der Waals surface area contributed by atoms with E-state index < -0.39 is 0 Å². The predicted octanol–water partition coefficient (Wildman–Crippen LogP) is 0.0482. The van der Waals surface area contributed by atoms with Gasteiger partial charge in [0.15, 0.2) is 0 Å². The number of methoxy groups -OCH3 is 1. The maximum atomic E-state index is 4.82. The van der Waals surface area contributed by atoms with Crippen molar-refractivity contribution in [2.45, 2.75) is 6.10 Å². The second-order valence-corrected chi connectivity index (χ2v) is 2.02. The topological polar surface area (TPSA) is 34.3 Å². The summed E-state index contributed by atoms with van der Waals surface area (Å²) in [5.74, 6) is 0. The van der Waals surface area contributed by atoms with E-state index in [9.17, 15) is 0 Å². The molecule has 2 saturated heterocycles. The summed E-state index contributed by atoms with van der Waals surface area (Å²) in [6, 6.07) is 0. The van der Waals surface area contributed by atoms with Crippen molar-refractivity contribution in [3.05, 3.63) is 0 Å². The summed E-state index contributed by atoms with van der Waals surface area (Å²) in [6.45, 7) is 3.66. The van der Waals surface area contributed by atoms with Gasteiger partial charge in [-0.05, 0) is 0 Å². The van der Waals surface area contributed by atoms with Gasteiger partial charge in [0.1, 0.15) is 6.10 Å². The summed E-state index contributed by atoms with van der Waals surface area (Å²) in [6.07, 6.45) is 0.426. The highest BCUT2D eigenvalue weighted by Gasteiger charge is 2.21. The molecular weight excluding hydrogens is 120 g/mol. The molecule has 3 heteroatoms. The molecule has 1 unspecified atom stereocenters. The lowest BCUT2D eigenvalue weighted by Gasteiger charge is -1.84. The van der Waals surface area contributed by atoms with Crippen LogP contribution in [0.5, 0.6) is 0 Å². The third-order valence-electron chi connectivity index (χ3n) is 0.959. The van der Waals surface area contributed by atoms with Gasteiger partial charge in [0.25, 0.3) is 0 Å². The SMILES string of the molecule is C1CO1.COCC1CO1. The molecule has 0 bridgehead atoms. The van der Waals surface area contributed by atoms with Crippen LogP contribution in [0, 0.1) is 0 Å². The van der Waals surface area contributed by atoms with E-state index in [2.05, 4.69) is 4.74 Å². The smallest absolute Gasteiger partial charge is 0.104 e. The number of epoxide rings is 2. The van der Waals surface area contributed by atoms with Gasteiger partial charge >= 0.3 is 0 Å². The summed E-state index contributed by atoms with van der Waals surface area (Å²) in [5, 5.41) is 0. The zero-order valence-electron chi connectivity index (χ0n) is 5.63. The van der Waals surface area contributed by atoms with Crippen LogP contribution in [-0.2, 0) is 14.2 Å². The molecule has 0 aromatic heterocycles. The van der Waals surface area contributed by atoms with Gasteiger partial charge in [0.05, 0.1) is 26.4 Å². The Bertz CT molecular complexity index is 65.9. The molecule has 0 aliphatic carbocycles. The number of hydrogen-bond donors (Lipinski definition) is 0. The highest BCUT2D eigenvalue weighted by Crippen LogP contribution is 2.06. The van der Waals surface area contributed by atoms with Gasteiger partial charge in [-0.25, -0.2) is 0 Å². The molecule has 9 heavy (non-hydrogen) atoms. The summed E-state index contributed by atoms with van der Waals surface area (Å²) in [4.78, 5) is 0. The average Bonchev–Trinajstić information content (AvgIpc) is 2.67. The van der Waals surface area contributed by atoms with Crippen molar-refractivity contribution in [3.8, 4) is 0 Å². The first-order valence-corrected chi connectivity index (χ1v) is 3.12. The van der Waals surface area contributed by atoms with Crippen LogP contribution in [0.2, 0.25) is 0 Å². The average molecular weight is 132 g/mol. The molecular formula is C6H12O3. The molecule has 0 amide bonds. The van der Waals surface area contributed by atoms with E-state index in [1.54, 1.807) is 7.11 Å². The Hall–Kier alpha value is -0.120. The van der Waals surface area contributed by atoms with Crippen LogP contribution in [-0.4, -0.2) is 39.6 Å². The lowest BCUT2D eigenvalue weighted by Crippen LogP contribution is -1.94. The van der Waals surface area contributed by atoms with Crippen molar-refractivity contribution in [2.24, 2.45) is 0 Å².